The number of hydrogen-bond acceptors (Lipinski definition) is 4. The molecule has 4 heteroatoms. The van der Waals surface area contributed by atoms with Crippen molar-refractivity contribution in [1.29, 1.82) is 0 Å². The van der Waals surface area contributed by atoms with Crippen molar-refractivity contribution < 1.29 is 9.47 Å². The summed E-state index contributed by atoms with van der Waals surface area (Å²) in [5.41, 5.74) is 0. The van der Waals surface area contributed by atoms with Crippen molar-refractivity contribution >= 4 is 0 Å². The predicted octanol–water partition coefficient (Wildman–Crippen LogP) is 2.14. The highest BCUT2D eigenvalue weighted by Gasteiger charge is 2.42. The molecule has 4 fully saturated rings. The van der Waals surface area contributed by atoms with Crippen molar-refractivity contribution in [3.8, 4) is 0 Å². The van der Waals surface area contributed by atoms with E-state index in [0.29, 0.717) is 0 Å². The van der Waals surface area contributed by atoms with Crippen molar-refractivity contribution in [1.82, 2.24) is 10.2 Å². The molecule has 0 aromatic rings. The third kappa shape index (κ3) is 3.44. The third-order valence-corrected chi connectivity index (χ3v) is 5.85. The maximum atomic E-state index is 5.88. The highest BCUT2D eigenvalue weighted by molar-refractivity contribution is 4.91. The summed E-state index contributed by atoms with van der Waals surface area (Å²) in [5, 5.41) is 3.68. The summed E-state index contributed by atoms with van der Waals surface area (Å²) < 4.78 is 11.8. The zero-order chi connectivity index (χ0) is 14.1. The highest BCUT2D eigenvalue weighted by atomic mass is 16.7. The number of rotatable bonds is 5. The Morgan fingerprint density at radius 3 is 2.33 bits per heavy atom. The van der Waals surface area contributed by atoms with E-state index in [-0.39, 0.29) is 5.79 Å². The van der Waals surface area contributed by atoms with Gasteiger partial charge >= 0.3 is 0 Å². The Bertz CT molecular complexity index is 337. The van der Waals surface area contributed by atoms with Crippen LogP contribution in [0.2, 0.25) is 0 Å². The summed E-state index contributed by atoms with van der Waals surface area (Å²) in [7, 11) is 0. The predicted molar refractivity (Wildman–Crippen MR) is 82.2 cm³/mol. The molecule has 2 aliphatic carbocycles. The Hall–Kier alpha value is -0.160. The molecular weight excluding hydrogens is 264 g/mol. The van der Waals surface area contributed by atoms with Crippen LogP contribution in [0.15, 0.2) is 0 Å². The molecule has 21 heavy (non-hydrogen) atoms. The maximum Gasteiger partial charge on any atom is 0.168 e. The topological polar surface area (TPSA) is 33.7 Å². The minimum absolute atomic E-state index is 0.201. The van der Waals surface area contributed by atoms with Crippen LogP contribution < -0.4 is 5.32 Å². The minimum atomic E-state index is -0.201. The normalized spacial score (nSPS) is 33.3. The van der Waals surface area contributed by atoms with Crippen molar-refractivity contribution in [3.05, 3.63) is 0 Å². The van der Waals surface area contributed by atoms with Gasteiger partial charge in [-0.1, -0.05) is 0 Å². The Balaban J connectivity index is 1.34. The summed E-state index contributed by atoms with van der Waals surface area (Å²) in [6, 6.07) is 1.49. The summed E-state index contributed by atoms with van der Waals surface area (Å²) in [4.78, 5) is 2.81. The van der Waals surface area contributed by atoms with E-state index < -0.39 is 0 Å². The van der Waals surface area contributed by atoms with Crippen LogP contribution in [0, 0.1) is 5.92 Å². The Kier molecular flexibility index (Phi) is 4.23. The second-order valence-corrected chi connectivity index (χ2v) is 7.53. The first kappa shape index (κ1) is 14.4. The molecule has 4 rings (SSSR count). The van der Waals surface area contributed by atoms with Gasteiger partial charge in [-0.15, -0.1) is 0 Å². The van der Waals surface area contributed by atoms with E-state index >= 15 is 0 Å². The third-order valence-electron chi connectivity index (χ3n) is 5.85. The van der Waals surface area contributed by atoms with Crippen LogP contribution in [0.5, 0.6) is 0 Å². The zero-order valence-electron chi connectivity index (χ0n) is 13.2. The van der Waals surface area contributed by atoms with Gasteiger partial charge in [0.05, 0.1) is 13.2 Å². The molecule has 2 heterocycles. The van der Waals surface area contributed by atoms with Crippen molar-refractivity contribution in [2.24, 2.45) is 5.92 Å². The van der Waals surface area contributed by atoms with Crippen LogP contribution in [0.3, 0.4) is 0 Å². The molecule has 0 aromatic carbocycles. The molecule has 1 N–H and O–H groups in total. The van der Waals surface area contributed by atoms with Crippen LogP contribution in [0.25, 0.3) is 0 Å². The first-order valence-electron chi connectivity index (χ1n) is 9.08. The van der Waals surface area contributed by atoms with E-state index in [4.69, 9.17) is 9.47 Å². The lowest BCUT2D eigenvalue weighted by Gasteiger charge is -2.41. The van der Waals surface area contributed by atoms with Crippen molar-refractivity contribution in [2.45, 2.75) is 69.2 Å². The lowest BCUT2D eigenvalue weighted by atomic mass is 9.88. The van der Waals surface area contributed by atoms with Gasteiger partial charge in [0.1, 0.15) is 0 Å². The lowest BCUT2D eigenvalue weighted by Crippen LogP contribution is -2.48. The van der Waals surface area contributed by atoms with Gasteiger partial charge in [0.15, 0.2) is 5.79 Å². The molecule has 0 radical (unpaired) electrons. The molecule has 0 amide bonds. The van der Waals surface area contributed by atoms with E-state index in [2.05, 4.69) is 10.2 Å². The number of nitrogens with one attached hydrogen (secondary N) is 1. The van der Waals surface area contributed by atoms with Gasteiger partial charge in [0.25, 0.3) is 0 Å². The molecule has 120 valence electrons. The fraction of sp³-hybridized carbons (Fsp3) is 1.00. The number of nitrogens with zero attached hydrogens (tertiary/aromatic N) is 1. The maximum absolute atomic E-state index is 5.88. The molecule has 2 aliphatic heterocycles. The van der Waals surface area contributed by atoms with Gasteiger partial charge in [0, 0.05) is 38.0 Å². The van der Waals surface area contributed by atoms with Crippen molar-refractivity contribution in [2.75, 3.05) is 32.8 Å². The lowest BCUT2D eigenvalue weighted by molar-refractivity contribution is -0.184. The molecule has 4 nitrogen and oxygen atoms in total. The van der Waals surface area contributed by atoms with Crippen molar-refractivity contribution in [3.63, 3.8) is 0 Å². The average molecular weight is 294 g/mol. The van der Waals surface area contributed by atoms with Crippen LogP contribution in [0.1, 0.15) is 51.4 Å². The van der Waals surface area contributed by atoms with Gasteiger partial charge in [-0.3, -0.25) is 4.90 Å². The van der Waals surface area contributed by atoms with Crippen LogP contribution in [-0.4, -0.2) is 55.6 Å². The standard InChI is InChI=1S/C17H30N2O2/c1-2-15(18-9-1)13-19(12-14-3-4-14)16-5-7-17(8-6-16)20-10-11-21-17/h14-16,18H,1-13H2. The number of ether oxygens (including phenoxy) is 2. The Labute approximate surface area is 128 Å². The van der Waals surface area contributed by atoms with E-state index in [9.17, 15) is 0 Å². The van der Waals surface area contributed by atoms with Crippen LogP contribution >= 0.6 is 0 Å². The molecular formula is C17H30N2O2. The van der Waals surface area contributed by atoms with Gasteiger partial charge in [-0.05, 0) is 51.0 Å². The van der Waals surface area contributed by atoms with Crippen LogP contribution in [-0.2, 0) is 9.47 Å². The van der Waals surface area contributed by atoms with Gasteiger partial charge in [-0.2, -0.15) is 0 Å². The molecule has 2 saturated heterocycles. The second-order valence-electron chi connectivity index (χ2n) is 7.53. The summed E-state index contributed by atoms with van der Waals surface area (Å²) in [6.07, 6.45) is 10.3. The first-order chi connectivity index (χ1) is 10.3. The van der Waals surface area contributed by atoms with Gasteiger partial charge in [0.2, 0.25) is 0 Å². The van der Waals surface area contributed by atoms with Crippen LogP contribution in [0.4, 0.5) is 0 Å². The van der Waals surface area contributed by atoms with E-state index in [1.807, 2.05) is 0 Å². The minimum Gasteiger partial charge on any atom is -0.348 e. The molecule has 0 aromatic heterocycles. The highest BCUT2D eigenvalue weighted by Crippen LogP contribution is 2.39. The first-order valence-corrected chi connectivity index (χ1v) is 9.08. The summed E-state index contributed by atoms with van der Waals surface area (Å²) in [5.74, 6) is 0.786. The quantitative estimate of drug-likeness (QED) is 0.842. The number of hydrogen-bond donors (Lipinski definition) is 1. The SMILES string of the molecule is C1CNC(CN(CC2CC2)C2CCC3(CC2)OCCO3)C1. The summed E-state index contributed by atoms with van der Waals surface area (Å²) in [6.45, 7) is 5.40. The van der Waals surface area contributed by atoms with E-state index in [0.717, 1.165) is 44.1 Å². The monoisotopic (exact) mass is 294 g/mol. The smallest absolute Gasteiger partial charge is 0.168 e. The van der Waals surface area contributed by atoms with Gasteiger partial charge < -0.3 is 14.8 Å². The zero-order valence-corrected chi connectivity index (χ0v) is 13.2. The Morgan fingerprint density at radius 1 is 0.952 bits per heavy atom. The molecule has 1 unspecified atom stereocenters. The fourth-order valence-electron chi connectivity index (χ4n) is 4.39. The van der Waals surface area contributed by atoms with Gasteiger partial charge in [-0.25, -0.2) is 0 Å². The largest absolute Gasteiger partial charge is 0.348 e. The molecule has 4 aliphatic rings. The van der Waals surface area contributed by atoms with E-state index in [1.165, 1.54) is 58.2 Å². The molecule has 2 saturated carbocycles. The summed E-state index contributed by atoms with van der Waals surface area (Å²) >= 11 is 0. The van der Waals surface area contributed by atoms with E-state index in [1.54, 1.807) is 0 Å². The second kappa shape index (κ2) is 6.15. The molecule has 0 bridgehead atoms. The Morgan fingerprint density at radius 2 is 1.71 bits per heavy atom. The average Bonchev–Trinajstić information content (AvgIpc) is 2.98. The fourth-order valence-corrected chi connectivity index (χ4v) is 4.39. The molecule has 1 spiro atoms. The molecule has 1 atom stereocenters.